The molecule has 0 bridgehead atoms. The number of aliphatic carboxylic acids is 1. The first kappa shape index (κ1) is 22.2. The van der Waals surface area contributed by atoms with E-state index in [1.807, 2.05) is 0 Å². The van der Waals surface area contributed by atoms with Crippen LogP contribution in [0, 0.1) is 51.2 Å². The molecule has 0 radical (unpaired) electrons. The van der Waals surface area contributed by atoms with Crippen molar-refractivity contribution >= 4 is 11.9 Å². The smallest absolute Gasteiger partial charge is 0.310 e. The van der Waals surface area contributed by atoms with Gasteiger partial charge in [-0.05, 0) is 73.5 Å². The fraction of sp³-hybridized carbons (Fsp3) is 0.786. The Kier molecular flexibility index (Phi) is 4.84. The third-order valence-electron chi connectivity index (χ3n) is 11.4. The summed E-state index contributed by atoms with van der Waals surface area (Å²) in [6, 6.07) is 0. The number of hydrogen-bond donors (Lipinski definition) is 1. The van der Waals surface area contributed by atoms with Crippen molar-refractivity contribution in [2.24, 2.45) is 51.2 Å². The Labute approximate surface area is 192 Å². The first-order valence-corrected chi connectivity index (χ1v) is 12.7. The van der Waals surface area contributed by atoms with Crippen molar-refractivity contribution in [3.05, 3.63) is 23.8 Å². The Balaban J connectivity index is 1.41. The van der Waals surface area contributed by atoms with E-state index in [0.29, 0.717) is 17.8 Å². The standard InChI is InChI=1S/C28H40O4/c1-25(2)22(26(25,3)4)24(31)32-16-28-15-13-19-18(20(28)11-12-21(28)23(29)30)10-9-17-8-6-7-14-27(17,19)5/h7-8,14,18-22H,6,9-13,15-16H2,1-5H3,(H,29,30)/t18-,19+,20+,21-,27+,28-/m1/s1. The van der Waals surface area contributed by atoms with Crippen molar-refractivity contribution in [3.8, 4) is 0 Å². The van der Waals surface area contributed by atoms with Crippen molar-refractivity contribution in [2.45, 2.75) is 79.6 Å². The lowest BCUT2D eigenvalue weighted by Crippen LogP contribution is -2.53. The minimum Gasteiger partial charge on any atom is -0.481 e. The number of hydrogen-bond acceptors (Lipinski definition) is 3. The molecule has 0 aliphatic heterocycles. The monoisotopic (exact) mass is 440 g/mol. The summed E-state index contributed by atoms with van der Waals surface area (Å²) >= 11 is 0. The Hall–Kier alpha value is -1.58. The highest BCUT2D eigenvalue weighted by molar-refractivity contribution is 5.79. The molecule has 176 valence electrons. The summed E-state index contributed by atoms with van der Waals surface area (Å²) in [5, 5.41) is 10.1. The normalized spacial score (nSPS) is 43.5. The number of carbonyl (C=O) groups is 2. The highest BCUT2D eigenvalue weighted by atomic mass is 16.5. The fourth-order valence-electron chi connectivity index (χ4n) is 8.87. The number of rotatable bonds is 4. The van der Waals surface area contributed by atoms with Gasteiger partial charge in [-0.2, -0.15) is 0 Å². The van der Waals surface area contributed by atoms with Crippen molar-refractivity contribution in [1.82, 2.24) is 0 Å². The molecule has 32 heavy (non-hydrogen) atoms. The van der Waals surface area contributed by atoms with Gasteiger partial charge in [-0.25, -0.2) is 0 Å². The van der Waals surface area contributed by atoms with Gasteiger partial charge < -0.3 is 9.84 Å². The van der Waals surface area contributed by atoms with Crippen LogP contribution >= 0.6 is 0 Å². The maximum Gasteiger partial charge on any atom is 0.310 e. The van der Waals surface area contributed by atoms with Gasteiger partial charge in [0.25, 0.3) is 0 Å². The molecule has 1 N–H and O–H groups in total. The largest absolute Gasteiger partial charge is 0.481 e. The van der Waals surface area contributed by atoms with Crippen LogP contribution in [0.5, 0.6) is 0 Å². The fourth-order valence-corrected chi connectivity index (χ4v) is 8.87. The summed E-state index contributed by atoms with van der Waals surface area (Å²) in [6.45, 7) is 11.2. The molecular formula is C28H40O4. The van der Waals surface area contributed by atoms with Crippen LogP contribution in [-0.4, -0.2) is 23.7 Å². The molecular weight excluding hydrogens is 400 g/mol. The first-order chi connectivity index (χ1) is 15.0. The maximum absolute atomic E-state index is 13.1. The zero-order valence-electron chi connectivity index (χ0n) is 20.4. The van der Waals surface area contributed by atoms with Crippen molar-refractivity contribution in [3.63, 3.8) is 0 Å². The molecule has 4 saturated carbocycles. The van der Waals surface area contributed by atoms with Gasteiger partial charge >= 0.3 is 11.9 Å². The van der Waals surface area contributed by atoms with E-state index in [1.165, 1.54) is 0 Å². The molecule has 5 aliphatic carbocycles. The molecule has 0 heterocycles. The molecule has 6 atom stereocenters. The van der Waals surface area contributed by atoms with Gasteiger partial charge in [-0.3, -0.25) is 9.59 Å². The molecule has 5 aliphatic rings. The van der Waals surface area contributed by atoms with Crippen LogP contribution in [-0.2, 0) is 14.3 Å². The lowest BCUT2D eigenvalue weighted by atomic mass is 9.47. The number of esters is 1. The molecule has 0 aromatic carbocycles. The van der Waals surface area contributed by atoms with Crippen LogP contribution in [0.1, 0.15) is 79.6 Å². The summed E-state index contributed by atoms with van der Waals surface area (Å²) in [6.07, 6.45) is 14.0. The lowest BCUT2D eigenvalue weighted by Gasteiger charge is -2.57. The van der Waals surface area contributed by atoms with E-state index in [2.05, 4.69) is 52.8 Å². The number of carboxylic acids is 1. The number of ether oxygens (including phenoxy) is 1. The maximum atomic E-state index is 13.1. The van der Waals surface area contributed by atoms with Crippen LogP contribution < -0.4 is 0 Å². The molecule has 5 rings (SSSR count). The van der Waals surface area contributed by atoms with E-state index >= 15 is 0 Å². The van der Waals surface area contributed by atoms with Gasteiger partial charge in [-0.1, -0.05) is 58.4 Å². The molecule has 0 aromatic heterocycles. The molecule has 4 heteroatoms. The van der Waals surface area contributed by atoms with E-state index in [-0.39, 0.29) is 34.7 Å². The van der Waals surface area contributed by atoms with Gasteiger partial charge in [0.1, 0.15) is 0 Å². The van der Waals surface area contributed by atoms with Gasteiger partial charge in [-0.15, -0.1) is 0 Å². The zero-order valence-corrected chi connectivity index (χ0v) is 20.4. The summed E-state index contributed by atoms with van der Waals surface area (Å²) < 4.78 is 6.05. The number of fused-ring (bicyclic) bond motifs is 5. The summed E-state index contributed by atoms with van der Waals surface area (Å²) in [5.74, 6) is 0.112. The number of carboxylic acid groups (broad SMARTS) is 1. The number of carbonyl (C=O) groups excluding carboxylic acids is 1. The third-order valence-corrected chi connectivity index (χ3v) is 11.4. The van der Waals surface area contributed by atoms with E-state index < -0.39 is 17.3 Å². The van der Waals surface area contributed by atoms with Gasteiger partial charge in [0.2, 0.25) is 0 Å². The van der Waals surface area contributed by atoms with Gasteiger partial charge in [0.05, 0.1) is 18.4 Å². The second-order valence-electron chi connectivity index (χ2n) is 12.8. The van der Waals surface area contributed by atoms with E-state index in [4.69, 9.17) is 4.74 Å². The third kappa shape index (κ3) is 2.80. The minimum absolute atomic E-state index is 0.0608. The molecule has 4 nitrogen and oxygen atoms in total. The summed E-state index contributed by atoms with van der Waals surface area (Å²) in [7, 11) is 0. The SMILES string of the molecule is CC1(C)C(C(=O)OC[C@]23CC[C@H]4[C@@H](CCC5=CCC=C[C@@]54C)[C@@H]2CC[C@@H]3C(=O)O)C1(C)C. The van der Waals surface area contributed by atoms with Crippen LogP contribution in [0.3, 0.4) is 0 Å². The van der Waals surface area contributed by atoms with Crippen LogP contribution in [0.4, 0.5) is 0 Å². The minimum atomic E-state index is -0.700. The predicted octanol–water partition coefficient (Wildman–Crippen LogP) is 6.02. The van der Waals surface area contributed by atoms with Crippen molar-refractivity contribution in [2.75, 3.05) is 6.61 Å². The zero-order chi connectivity index (χ0) is 23.1. The van der Waals surface area contributed by atoms with Gasteiger partial charge in [0, 0.05) is 10.8 Å². The van der Waals surface area contributed by atoms with Crippen LogP contribution in [0.2, 0.25) is 0 Å². The molecule has 0 aromatic rings. The van der Waals surface area contributed by atoms with E-state index in [0.717, 1.165) is 44.9 Å². The molecule has 0 unspecified atom stereocenters. The molecule has 0 saturated heterocycles. The second-order valence-corrected chi connectivity index (χ2v) is 12.8. The quantitative estimate of drug-likeness (QED) is 0.429. The predicted molar refractivity (Wildman–Crippen MR) is 124 cm³/mol. The molecule has 0 spiro atoms. The lowest BCUT2D eigenvalue weighted by molar-refractivity contribution is -0.166. The average Bonchev–Trinajstić information content (AvgIpc) is 3.01. The van der Waals surface area contributed by atoms with Crippen molar-refractivity contribution < 1.29 is 19.4 Å². The van der Waals surface area contributed by atoms with Crippen molar-refractivity contribution in [1.29, 1.82) is 0 Å². The Bertz CT molecular complexity index is 881. The van der Waals surface area contributed by atoms with Crippen LogP contribution in [0.25, 0.3) is 0 Å². The Morgan fingerprint density at radius 3 is 2.41 bits per heavy atom. The molecule has 0 amide bonds. The van der Waals surface area contributed by atoms with E-state index in [1.54, 1.807) is 5.57 Å². The average molecular weight is 441 g/mol. The highest BCUT2D eigenvalue weighted by Gasteiger charge is 2.70. The highest BCUT2D eigenvalue weighted by Crippen LogP contribution is 2.69. The van der Waals surface area contributed by atoms with Crippen LogP contribution in [0.15, 0.2) is 23.8 Å². The van der Waals surface area contributed by atoms with E-state index in [9.17, 15) is 14.7 Å². The summed E-state index contributed by atoms with van der Waals surface area (Å²) in [5.41, 5.74) is 1.18. The number of allylic oxidation sites excluding steroid dienone is 4. The van der Waals surface area contributed by atoms with Gasteiger partial charge in [0.15, 0.2) is 0 Å². The summed E-state index contributed by atoms with van der Waals surface area (Å²) in [4.78, 5) is 25.4. The first-order valence-electron chi connectivity index (χ1n) is 12.7. The second kappa shape index (κ2) is 6.96. The molecule has 4 fully saturated rings. The Morgan fingerprint density at radius 1 is 1.03 bits per heavy atom. The Morgan fingerprint density at radius 2 is 1.75 bits per heavy atom. The topological polar surface area (TPSA) is 63.6 Å².